The molecule has 1 aliphatic heterocycles. The van der Waals surface area contributed by atoms with Crippen LogP contribution in [0.15, 0.2) is 30.3 Å². The molecule has 8 nitrogen and oxygen atoms in total. The lowest BCUT2D eigenvalue weighted by molar-refractivity contribution is -0.881. The minimum Gasteiger partial charge on any atom is -0.444 e. The molecule has 36 heavy (non-hydrogen) atoms. The molecule has 8 heteroatoms. The van der Waals surface area contributed by atoms with Gasteiger partial charge >= 0.3 is 17.9 Å². The summed E-state index contributed by atoms with van der Waals surface area (Å²) >= 11 is 0. The number of quaternary nitrogens is 1. The molecule has 3 rings (SSSR count). The third-order valence-electron chi connectivity index (χ3n) is 7.23. The maximum absolute atomic E-state index is 14.1. The number of hydrogen-bond acceptors (Lipinski definition) is 5. The van der Waals surface area contributed by atoms with Crippen LogP contribution in [0.5, 0.6) is 0 Å². The molecule has 2 aliphatic rings. The van der Waals surface area contributed by atoms with Crippen LogP contribution in [0, 0.1) is 0 Å². The number of amides is 3. The van der Waals surface area contributed by atoms with Crippen molar-refractivity contribution in [1.82, 2.24) is 10.6 Å². The summed E-state index contributed by atoms with van der Waals surface area (Å²) in [6.07, 6.45) is 6.93. The number of carbonyl (C=O) groups excluding carboxylic acids is 3. The SMILES string of the molecule is CC(C)(C)OC(=O)NC(Cc1ccccc1)C(=O)[N+]1(C(O)C(=O)NC2CCCCCCC2)CCCC1. The quantitative estimate of drug-likeness (QED) is 0.492. The van der Waals surface area contributed by atoms with Gasteiger partial charge in [-0.2, -0.15) is 0 Å². The van der Waals surface area contributed by atoms with Gasteiger partial charge in [-0.1, -0.05) is 62.4 Å². The van der Waals surface area contributed by atoms with Crippen LogP contribution in [0.4, 0.5) is 4.79 Å². The molecule has 1 aromatic carbocycles. The lowest BCUT2D eigenvalue weighted by Crippen LogP contribution is -2.67. The van der Waals surface area contributed by atoms with E-state index < -0.39 is 29.9 Å². The van der Waals surface area contributed by atoms with Gasteiger partial charge in [0.25, 0.3) is 6.23 Å². The second kappa shape index (κ2) is 12.7. The third kappa shape index (κ3) is 7.77. The zero-order chi connectivity index (χ0) is 26.2. The third-order valence-corrected chi connectivity index (χ3v) is 7.23. The summed E-state index contributed by atoms with van der Waals surface area (Å²) in [6.45, 7) is 6.01. The summed E-state index contributed by atoms with van der Waals surface area (Å²) in [7, 11) is 0. The Morgan fingerprint density at radius 3 is 2.14 bits per heavy atom. The van der Waals surface area contributed by atoms with Gasteiger partial charge in [0.1, 0.15) is 5.60 Å². The van der Waals surface area contributed by atoms with Gasteiger partial charge in [0.2, 0.25) is 0 Å². The van der Waals surface area contributed by atoms with E-state index in [4.69, 9.17) is 4.74 Å². The highest BCUT2D eigenvalue weighted by Crippen LogP contribution is 2.27. The van der Waals surface area contributed by atoms with Crippen molar-refractivity contribution in [3.8, 4) is 0 Å². The fourth-order valence-electron chi connectivity index (χ4n) is 5.40. The summed E-state index contributed by atoms with van der Waals surface area (Å²) in [5, 5.41) is 17.1. The minimum absolute atomic E-state index is 0.0187. The average molecular weight is 503 g/mol. The molecule has 3 amide bonds. The molecule has 1 saturated carbocycles. The number of rotatable bonds is 7. The molecular weight excluding hydrogens is 458 g/mol. The summed E-state index contributed by atoms with van der Waals surface area (Å²) in [4.78, 5) is 40.0. The number of carbonyl (C=O) groups is 3. The molecule has 1 aromatic rings. The number of ether oxygens (including phenoxy) is 1. The molecular formula is C28H44N3O5+. The Kier molecular flexibility index (Phi) is 9.91. The van der Waals surface area contributed by atoms with E-state index in [2.05, 4.69) is 10.6 Å². The number of nitrogens with one attached hydrogen (secondary N) is 2. The summed E-state index contributed by atoms with van der Waals surface area (Å²) in [6, 6.07) is 8.50. The standard InChI is InChI=1S/C28H43N3O5/c1-28(2,3)36-27(35)30-23(20-21-14-8-7-9-15-21)25(33)31(18-12-13-19-31)26(34)24(32)29-22-16-10-5-4-6-11-17-22/h7-9,14-15,22-23,26,34H,4-6,10-13,16-20H2,1-3H3,(H-,29,30,32,35)/p+1. The maximum Gasteiger partial charge on any atom is 0.408 e. The van der Waals surface area contributed by atoms with Crippen molar-refractivity contribution in [3.63, 3.8) is 0 Å². The van der Waals surface area contributed by atoms with Crippen molar-refractivity contribution in [3.05, 3.63) is 35.9 Å². The normalized spacial score (nSPS) is 20.4. The van der Waals surface area contributed by atoms with Crippen molar-refractivity contribution < 1.29 is 28.7 Å². The predicted molar refractivity (Wildman–Crippen MR) is 138 cm³/mol. The fourth-order valence-corrected chi connectivity index (χ4v) is 5.40. The minimum atomic E-state index is -1.51. The van der Waals surface area contributed by atoms with Crippen LogP contribution in [0.2, 0.25) is 0 Å². The Morgan fingerprint density at radius 1 is 0.972 bits per heavy atom. The fraction of sp³-hybridized carbons (Fsp3) is 0.679. The highest BCUT2D eigenvalue weighted by molar-refractivity contribution is 5.86. The first-order valence-corrected chi connectivity index (χ1v) is 13.5. The van der Waals surface area contributed by atoms with Gasteiger partial charge in [0.05, 0.1) is 13.1 Å². The second-order valence-corrected chi connectivity index (χ2v) is 11.3. The van der Waals surface area contributed by atoms with Gasteiger partial charge < -0.3 is 20.5 Å². The maximum atomic E-state index is 14.1. The van der Waals surface area contributed by atoms with Gasteiger partial charge in [-0.15, -0.1) is 0 Å². The van der Waals surface area contributed by atoms with E-state index in [1.54, 1.807) is 20.8 Å². The van der Waals surface area contributed by atoms with E-state index >= 15 is 0 Å². The first kappa shape index (κ1) is 28.1. The topological polar surface area (TPSA) is 105 Å². The van der Waals surface area contributed by atoms with Gasteiger partial charge in [-0.05, 0) is 39.2 Å². The monoisotopic (exact) mass is 502 g/mol. The van der Waals surface area contributed by atoms with E-state index in [9.17, 15) is 19.5 Å². The van der Waals surface area contributed by atoms with E-state index in [1.807, 2.05) is 30.3 Å². The van der Waals surface area contributed by atoms with Crippen molar-refractivity contribution in [2.75, 3.05) is 13.1 Å². The van der Waals surface area contributed by atoms with Crippen LogP contribution in [0.1, 0.15) is 84.1 Å². The summed E-state index contributed by atoms with van der Waals surface area (Å²) in [5.74, 6) is -0.853. The van der Waals surface area contributed by atoms with Crippen molar-refractivity contribution in [1.29, 1.82) is 0 Å². The average Bonchev–Trinajstić information content (AvgIpc) is 3.30. The molecule has 0 aromatic heterocycles. The molecule has 3 N–H and O–H groups in total. The number of nitrogens with zero attached hydrogens (tertiary/aromatic N) is 1. The summed E-state index contributed by atoms with van der Waals surface area (Å²) in [5.41, 5.74) is 0.152. The van der Waals surface area contributed by atoms with Gasteiger partial charge in [0, 0.05) is 25.3 Å². The first-order chi connectivity index (χ1) is 17.1. The van der Waals surface area contributed by atoms with E-state index in [1.165, 1.54) is 6.42 Å². The van der Waals surface area contributed by atoms with Crippen molar-refractivity contribution in [2.24, 2.45) is 0 Å². The Labute approximate surface area is 215 Å². The molecule has 2 unspecified atom stereocenters. The number of aliphatic hydroxyl groups excluding tert-OH is 1. The smallest absolute Gasteiger partial charge is 0.408 e. The molecule has 0 bridgehead atoms. The highest BCUT2D eigenvalue weighted by atomic mass is 16.6. The van der Waals surface area contributed by atoms with E-state index in [-0.39, 0.29) is 22.9 Å². The number of alkyl carbamates (subject to hydrolysis) is 1. The first-order valence-electron chi connectivity index (χ1n) is 13.5. The highest BCUT2D eigenvalue weighted by Gasteiger charge is 2.52. The number of aliphatic hydroxyl groups is 1. The second-order valence-electron chi connectivity index (χ2n) is 11.3. The molecule has 1 aliphatic carbocycles. The van der Waals surface area contributed by atoms with E-state index in [0.29, 0.717) is 13.1 Å². The van der Waals surface area contributed by atoms with Crippen LogP contribution in [-0.4, -0.2) is 64.5 Å². The summed E-state index contributed by atoms with van der Waals surface area (Å²) < 4.78 is 5.06. The molecule has 0 spiro atoms. The Hall–Kier alpha value is -2.45. The van der Waals surface area contributed by atoms with Crippen LogP contribution >= 0.6 is 0 Å². The van der Waals surface area contributed by atoms with Crippen LogP contribution in [0.3, 0.4) is 0 Å². The number of hydrogen-bond donors (Lipinski definition) is 3. The molecule has 0 radical (unpaired) electrons. The Bertz CT molecular complexity index is 869. The molecule has 1 saturated heterocycles. The van der Waals surface area contributed by atoms with Crippen LogP contribution in [0.25, 0.3) is 0 Å². The van der Waals surface area contributed by atoms with Gasteiger partial charge in [0.15, 0.2) is 6.04 Å². The lowest BCUT2D eigenvalue weighted by atomic mass is 9.96. The Balaban J connectivity index is 1.80. The van der Waals surface area contributed by atoms with Gasteiger partial charge in [-0.25, -0.2) is 14.1 Å². The number of benzene rings is 1. The van der Waals surface area contributed by atoms with Crippen LogP contribution in [-0.2, 0) is 20.7 Å². The predicted octanol–water partition coefficient (Wildman–Crippen LogP) is 3.81. The van der Waals surface area contributed by atoms with Crippen molar-refractivity contribution >= 4 is 17.9 Å². The zero-order valence-corrected chi connectivity index (χ0v) is 22.1. The largest absolute Gasteiger partial charge is 0.444 e. The molecule has 200 valence electrons. The van der Waals surface area contributed by atoms with Gasteiger partial charge in [-0.3, -0.25) is 4.79 Å². The van der Waals surface area contributed by atoms with Crippen LogP contribution < -0.4 is 10.6 Å². The number of likely N-dealkylation sites (tertiary alicyclic amines) is 1. The Morgan fingerprint density at radius 2 is 1.56 bits per heavy atom. The molecule has 2 fully saturated rings. The van der Waals surface area contributed by atoms with E-state index in [0.717, 1.165) is 56.9 Å². The zero-order valence-electron chi connectivity index (χ0n) is 22.1. The molecule has 2 atom stereocenters. The lowest BCUT2D eigenvalue weighted by Gasteiger charge is -2.38. The van der Waals surface area contributed by atoms with Crippen molar-refractivity contribution in [2.45, 2.75) is 109 Å². The molecule has 1 heterocycles.